The molecule has 0 saturated heterocycles. The molecule has 0 bridgehead atoms. The maximum Gasteiger partial charge on any atom is 0.0940 e. The molecule has 0 aliphatic rings. The van der Waals surface area contributed by atoms with E-state index in [4.69, 9.17) is 0 Å². The molecule has 2 N–H and O–H groups in total. The van der Waals surface area contributed by atoms with Gasteiger partial charge in [0.25, 0.3) is 0 Å². The lowest BCUT2D eigenvalue weighted by Crippen LogP contribution is -2.31. The van der Waals surface area contributed by atoms with Crippen LogP contribution in [0.2, 0.25) is 0 Å². The lowest BCUT2D eigenvalue weighted by molar-refractivity contribution is 0.135. The zero-order valence-electron chi connectivity index (χ0n) is 12.3. The third kappa shape index (κ3) is 3.65. The smallest absolute Gasteiger partial charge is 0.0940 e. The van der Waals surface area contributed by atoms with Crippen LogP contribution in [0.25, 0.3) is 0 Å². The Morgan fingerprint density at radius 2 is 1.80 bits per heavy atom. The Labute approximate surface area is 120 Å². The Morgan fingerprint density at radius 1 is 1.10 bits per heavy atom. The molecule has 0 aliphatic carbocycles. The van der Waals surface area contributed by atoms with E-state index < -0.39 is 6.10 Å². The van der Waals surface area contributed by atoms with Gasteiger partial charge in [0.1, 0.15) is 0 Å². The van der Waals surface area contributed by atoms with Gasteiger partial charge in [-0.25, -0.2) is 0 Å². The van der Waals surface area contributed by atoms with Crippen molar-refractivity contribution in [3.05, 3.63) is 65.0 Å². The van der Waals surface area contributed by atoms with E-state index in [0.717, 1.165) is 12.1 Å². The topological polar surface area (TPSA) is 45.1 Å². The second-order valence-corrected chi connectivity index (χ2v) is 5.31. The van der Waals surface area contributed by atoms with Crippen molar-refractivity contribution in [3.63, 3.8) is 0 Å². The fourth-order valence-corrected chi connectivity index (χ4v) is 2.13. The summed E-state index contributed by atoms with van der Waals surface area (Å²) in [4.78, 5) is 4.00. The molecule has 0 saturated carbocycles. The van der Waals surface area contributed by atoms with Crippen LogP contribution in [0.1, 0.15) is 35.3 Å². The van der Waals surface area contributed by atoms with Gasteiger partial charge >= 0.3 is 0 Å². The first kappa shape index (κ1) is 14.7. The van der Waals surface area contributed by atoms with Gasteiger partial charge in [-0.15, -0.1) is 0 Å². The SMILES string of the molecule is Cc1ccc(C(O)C(C)NCc2ccncc2)cc1C. The number of aliphatic hydroxyl groups excluding tert-OH is 1. The molecule has 3 nitrogen and oxygen atoms in total. The van der Waals surface area contributed by atoms with E-state index in [9.17, 15) is 5.11 Å². The van der Waals surface area contributed by atoms with E-state index in [1.165, 1.54) is 16.7 Å². The highest BCUT2D eigenvalue weighted by molar-refractivity contribution is 5.31. The fraction of sp³-hybridized carbons (Fsp3) is 0.353. The summed E-state index contributed by atoms with van der Waals surface area (Å²) in [6.45, 7) is 6.88. The zero-order chi connectivity index (χ0) is 14.5. The first-order valence-electron chi connectivity index (χ1n) is 6.95. The van der Waals surface area contributed by atoms with Gasteiger partial charge < -0.3 is 10.4 Å². The summed E-state index contributed by atoms with van der Waals surface area (Å²) in [7, 11) is 0. The molecule has 2 unspecified atom stereocenters. The minimum Gasteiger partial charge on any atom is -0.387 e. The molecule has 0 aliphatic heterocycles. The number of aromatic nitrogens is 1. The molecule has 0 fully saturated rings. The molecule has 0 spiro atoms. The Kier molecular flexibility index (Phi) is 4.88. The molecule has 3 heteroatoms. The number of hydrogen-bond donors (Lipinski definition) is 2. The Bertz CT molecular complexity index is 554. The molecule has 2 rings (SSSR count). The minimum atomic E-state index is -0.504. The first-order chi connectivity index (χ1) is 9.58. The fourth-order valence-electron chi connectivity index (χ4n) is 2.13. The van der Waals surface area contributed by atoms with Gasteiger partial charge in [-0.3, -0.25) is 4.98 Å². The van der Waals surface area contributed by atoms with Crippen LogP contribution in [-0.2, 0) is 6.54 Å². The second-order valence-electron chi connectivity index (χ2n) is 5.31. The summed E-state index contributed by atoms with van der Waals surface area (Å²) in [6.07, 6.45) is 3.05. The lowest BCUT2D eigenvalue weighted by Gasteiger charge is -2.21. The summed E-state index contributed by atoms with van der Waals surface area (Å²) in [6, 6.07) is 10.1. The average Bonchev–Trinajstić information content (AvgIpc) is 2.48. The van der Waals surface area contributed by atoms with Crippen LogP contribution in [0.15, 0.2) is 42.7 Å². The number of benzene rings is 1. The average molecular weight is 270 g/mol. The molecule has 2 atom stereocenters. The summed E-state index contributed by atoms with van der Waals surface area (Å²) in [5.74, 6) is 0. The summed E-state index contributed by atoms with van der Waals surface area (Å²) >= 11 is 0. The van der Waals surface area contributed by atoms with Crippen LogP contribution in [-0.4, -0.2) is 16.1 Å². The van der Waals surface area contributed by atoms with Crippen LogP contribution in [0, 0.1) is 13.8 Å². The van der Waals surface area contributed by atoms with E-state index in [2.05, 4.69) is 36.3 Å². The summed E-state index contributed by atoms with van der Waals surface area (Å²) < 4.78 is 0. The number of hydrogen-bond acceptors (Lipinski definition) is 3. The van der Waals surface area contributed by atoms with E-state index >= 15 is 0 Å². The highest BCUT2D eigenvalue weighted by Crippen LogP contribution is 2.20. The highest BCUT2D eigenvalue weighted by atomic mass is 16.3. The number of nitrogens with one attached hydrogen (secondary N) is 1. The van der Waals surface area contributed by atoms with Gasteiger partial charge in [0.15, 0.2) is 0 Å². The van der Waals surface area contributed by atoms with Gasteiger partial charge in [-0.1, -0.05) is 18.2 Å². The molecule has 20 heavy (non-hydrogen) atoms. The highest BCUT2D eigenvalue weighted by Gasteiger charge is 2.16. The van der Waals surface area contributed by atoms with Crippen LogP contribution in [0.3, 0.4) is 0 Å². The number of nitrogens with zero attached hydrogens (tertiary/aromatic N) is 1. The van der Waals surface area contributed by atoms with Crippen molar-refractivity contribution < 1.29 is 5.11 Å². The summed E-state index contributed by atoms with van der Waals surface area (Å²) in [5.41, 5.74) is 4.59. The maximum atomic E-state index is 10.4. The van der Waals surface area contributed by atoms with E-state index in [1.807, 2.05) is 25.1 Å². The number of pyridine rings is 1. The maximum absolute atomic E-state index is 10.4. The Morgan fingerprint density at radius 3 is 2.45 bits per heavy atom. The number of rotatable bonds is 5. The molecule has 0 amide bonds. The van der Waals surface area contributed by atoms with Crippen molar-refractivity contribution >= 4 is 0 Å². The zero-order valence-corrected chi connectivity index (χ0v) is 12.3. The molecule has 1 aromatic heterocycles. The van der Waals surface area contributed by atoms with Crippen molar-refractivity contribution in [3.8, 4) is 0 Å². The second kappa shape index (κ2) is 6.64. The molecular weight excluding hydrogens is 248 g/mol. The van der Waals surface area contributed by atoms with E-state index in [-0.39, 0.29) is 6.04 Å². The Balaban J connectivity index is 1.97. The van der Waals surface area contributed by atoms with Gasteiger partial charge in [-0.05, 0) is 55.2 Å². The number of aryl methyl sites for hydroxylation is 2. The van der Waals surface area contributed by atoms with Gasteiger partial charge in [0.2, 0.25) is 0 Å². The molecule has 1 heterocycles. The molecule has 106 valence electrons. The normalized spacial score (nSPS) is 14.0. The minimum absolute atomic E-state index is 0.00901. The molecule has 2 aromatic rings. The van der Waals surface area contributed by atoms with Gasteiger partial charge in [0.05, 0.1) is 6.10 Å². The third-order valence-electron chi connectivity index (χ3n) is 3.72. The van der Waals surface area contributed by atoms with Crippen LogP contribution < -0.4 is 5.32 Å². The van der Waals surface area contributed by atoms with Crippen LogP contribution in [0.4, 0.5) is 0 Å². The monoisotopic (exact) mass is 270 g/mol. The molecule has 0 radical (unpaired) electrons. The van der Waals surface area contributed by atoms with Crippen molar-refractivity contribution in [1.82, 2.24) is 10.3 Å². The van der Waals surface area contributed by atoms with Crippen molar-refractivity contribution in [2.24, 2.45) is 0 Å². The van der Waals surface area contributed by atoms with Crippen LogP contribution in [0.5, 0.6) is 0 Å². The first-order valence-corrected chi connectivity index (χ1v) is 6.95. The number of aliphatic hydroxyl groups is 1. The van der Waals surface area contributed by atoms with Crippen molar-refractivity contribution in [1.29, 1.82) is 0 Å². The van der Waals surface area contributed by atoms with E-state index in [0.29, 0.717) is 0 Å². The predicted octanol–water partition coefficient (Wildman–Crippen LogP) is 2.91. The largest absolute Gasteiger partial charge is 0.387 e. The Hall–Kier alpha value is -1.71. The van der Waals surface area contributed by atoms with Gasteiger partial charge in [-0.2, -0.15) is 0 Å². The van der Waals surface area contributed by atoms with Crippen LogP contribution >= 0.6 is 0 Å². The molecular formula is C17H22N2O. The lowest BCUT2D eigenvalue weighted by atomic mass is 9.99. The van der Waals surface area contributed by atoms with Crippen molar-refractivity contribution in [2.45, 2.75) is 39.5 Å². The third-order valence-corrected chi connectivity index (χ3v) is 3.72. The standard InChI is InChI=1S/C17H22N2O/c1-12-4-5-16(10-13(12)2)17(20)14(3)19-11-15-6-8-18-9-7-15/h4-10,14,17,19-20H,11H2,1-3H3. The summed E-state index contributed by atoms with van der Waals surface area (Å²) in [5, 5.41) is 13.8. The van der Waals surface area contributed by atoms with Gasteiger partial charge in [0, 0.05) is 25.0 Å². The molecule has 1 aromatic carbocycles. The van der Waals surface area contributed by atoms with Crippen molar-refractivity contribution in [2.75, 3.05) is 0 Å². The quantitative estimate of drug-likeness (QED) is 0.878. The van der Waals surface area contributed by atoms with E-state index in [1.54, 1.807) is 12.4 Å². The predicted molar refractivity (Wildman–Crippen MR) is 81.4 cm³/mol.